The summed E-state index contributed by atoms with van der Waals surface area (Å²) >= 11 is 0. The van der Waals surface area contributed by atoms with E-state index in [4.69, 9.17) is 5.73 Å². The number of alkyl halides is 3. The van der Waals surface area contributed by atoms with Crippen molar-refractivity contribution in [1.82, 2.24) is 9.78 Å². The zero-order chi connectivity index (χ0) is 22.9. The average Bonchev–Trinajstić information content (AvgIpc) is 3.21. The lowest BCUT2D eigenvalue weighted by Gasteiger charge is -2.10. The van der Waals surface area contributed by atoms with E-state index in [1.807, 2.05) is 43.3 Å². The Morgan fingerprint density at radius 3 is 1.94 bits per heavy atom. The molecule has 1 amide bonds. The number of nitrogens with zero attached hydrogens (tertiary/aromatic N) is 2. The highest BCUT2D eigenvalue weighted by molar-refractivity contribution is 5.76. The number of benzene rings is 3. The number of carbonyl (C=O) groups excluding carboxylic acids is 1. The molecule has 1 heterocycles. The first-order valence-corrected chi connectivity index (χ1v) is 9.93. The molecule has 0 spiro atoms. The van der Waals surface area contributed by atoms with Crippen LogP contribution in [0.25, 0.3) is 28.1 Å². The summed E-state index contributed by atoms with van der Waals surface area (Å²) in [5.41, 5.74) is 9.41. The topological polar surface area (TPSA) is 60.9 Å². The largest absolute Gasteiger partial charge is 0.435 e. The van der Waals surface area contributed by atoms with Gasteiger partial charge in [-0.25, -0.2) is 4.68 Å². The minimum atomic E-state index is -4.58. The number of primary amides is 1. The van der Waals surface area contributed by atoms with Crippen LogP contribution in [0.1, 0.15) is 16.8 Å². The number of carbonyl (C=O) groups is 1. The van der Waals surface area contributed by atoms with Gasteiger partial charge in [-0.1, -0.05) is 66.2 Å². The molecular formula is C25H20F3N3O. The fourth-order valence-corrected chi connectivity index (χ4v) is 3.46. The van der Waals surface area contributed by atoms with Gasteiger partial charge in [0.2, 0.25) is 5.91 Å². The molecule has 0 atom stereocenters. The molecule has 1 aromatic heterocycles. The number of nitrogens with two attached hydrogens (primary N) is 1. The van der Waals surface area contributed by atoms with E-state index in [1.165, 1.54) is 4.68 Å². The Morgan fingerprint density at radius 1 is 0.875 bits per heavy atom. The predicted molar refractivity (Wildman–Crippen MR) is 117 cm³/mol. The Kier molecular flexibility index (Phi) is 5.57. The van der Waals surface area contributed by atoms with Crippen LogP contribution in [0.3, 0.4) is 0 Å². The van der Waals surface area contributed by atoms with Crippen molar-refractivity contribution < 1.29 is 18.0 Å². The third-order valence-electron chi connectivity index (χ3n) is 5.12. The lowest BCUT2D eigenvalue weighted by atomic mass is 10.0. The van der Waals surface area contributed by atoms with E-state index in [-0.39, 0.29) is 6.42 Å². The van der Waals surface area contributed by atoms with Gasteiger partial charge in [-0.15, -0.1) is 0 Å². The molecule has 0 aliphatic carbocycles. The number of halogens is 3. The Bertz CT molecular complexity index is 1240. The number of rotatable bonds is 5. The summed E-state index contributed by atoms with van der Waals surface area (Å²) in [6.07, 6.45) is -4.52. The molecule has 0 saturated carbocycles. The van der Waals surface area contributed by atoms with Crippen molar-refractivity contribution in [2.24, 2.45) is 5.73 Å². The van der Waals surface area contributed by atoms with Crippen LogP contribution >= 0.6 is 0 Å². The van der Waals surface area contributed by atoms with Crippen molar-refractivity contribution in [3.8, 4) is 28.1 Å². The second kappa shape index (κ2) is 8.34. The van der Waals surface area contributed by atoms with Crippen molar-refractivity contribution in [2.75, 3.05) is 0 Å². The van der Waals surface area contributed by atoms with E-state index >= 15 is 0 Å². The van der Waals surface area contributed by atoms with Crippen molar-refractivity contribution in [2.45, 2.75) is 19.5 Å². The molecule has 4 nitrogen and oxygen atoms in total. The molecule has 0 saturated heterocycles. The first-order valence-electron chi connectivity index (χ1n) is 9.93. The summed E-state index contributed by atoms with van der Waals surface area (Å²) < 4.78 is 41.5. The summed E-state index contributed by atoms with van der Waals surface area (Å²) in [5.74, 6) is -0.481. The molecule has 162 valence electrons. The monoisotopic (exact) mass is 435 g/mol. The molecule has 3 aromatic carbocycles. The summed E-state index contributed by atoms with van der Waals surface area (Å²) in [6.45, 7) is 2.01. The van der Waals surface area contributed by atoms with Crippen LogP contribution in [0, 0.1) is 6.92 Å². The van der Waals surface area contributed by atoms with Gasteiger partial charge in [0.25, 0.3) is 0 Å². The van der Waals surface area contributed by atoms with Gasteiger partial charge in [-0.2, -0.15) is 18.3 Å². The van der Waals surface area contributed by atoms with Crippen LogP contribution in [0.5, 0.6) is 0 Å². The van der Waals surface area contributed by atoms with E-state index in [9.17, 15) is 18.0 Å². The second-order valence-electron chi connectivity index (χ2n) is 7.58. The van der Waals surface area contributed by atoms with E-state index in [1.54, 1.807) is 36.4 Å². The van der Waals surface area contributed by atoms with Gasteiger partial charge < -0.3 is 5.73 Å². The highest BCUT2D eigenvalue weighted by Crippen LogP contribution is 2.34. The highest BCUT2D eigenvalue weighted by Gasteiger charge is 2.35. The maximum absolute atomic E-state index is 13.4. The van der Waals surface area contributed by atoms with E-state index < -0.39 is 17.8 Å². The van der Waals surface area contributed by atoms with Crippen LogP contribution < -0.4 is 5.73 Å². The van der Waals surface area contributed by atoms with Crippen molar-refractivity contribution in [3.63, 3.8) is 0 Å². The molecule has 0 aliphatic rings. The average molecular weight is 435 g/mol. The molecule has 0 aliphatic heterocycles. The third-order valence-corrected chi connectivity index (χ3v) is 5.12. The number of hydrogen-bond donors (Lipinski definition) is 1. The molecular weight excluding hydrogens is 415 g/mol. The maximum Gasteiger partial charge on any atom is 0.435 e. The summed E-state index contributed by atoms with van der Waals surface area (Å²) in [7, 11) is 0. The zero-order valence-electron chi connectivity index (χ0n) is 17.2. The van der Waals surface area contributed by atoms with E-state index in [0.717, 1.165) is 22.8 Å². The van der Waals surface area contributed by atoms with Crippen LogP contribution in [0.4, 0.5) is 13.2 Å². The number of hydrogen-bond acceptors (Lipinski definition) is 2. The van der Waals surface area contributed by atoms with Gasteiger partial charge in [-0.05, 0) is 41.8 Å². The lowest BCUT2D eigenvalue weighted by molar-refractivity contribution is -0.141. The van der Waals surface area contributed by atoms with Gasteiger partial charge in [0.1, 0.15) is 0 Å². The summed E-state index contributed by atoms with van der Waals surface area (Å²) in [4.78, 5) is 11.1. The predicted octanol–water partition coefficient (Wildman–Crippen LogP) is 5.56. The fourth-order valence-electron chi connectivity index (χ4n) is 3.46. The summed E-state index contributed by atoms with van der Waals surface area (Å²) in [5, 5.41) is 3.81. The Balaban J connectivity index is 1.74. The lowest BCUT2D eigenvalue weighted by Crippen LogP contribution is -2.13. The first kappa shape index (κ1) is 21.4. The van der Waals surface area contributed by atoms with Gasteiger partial charge in [0, 0.05) is 5.56 Å². The van der Waals surface area contributed by atoms with Crippen molar-refractivity contribution in [1.29, 1.82) is 0 Å². The standard InChI is InChI=1S/C25H20F3N3O/c1-16-2-6-18(7-3-16)19-8-10-20(11-9-19)22-15-23(25(26,27)28)30-31(22)21-12-4-17(5-13-21)14-24(29)32/h2-13,15H,14H2,1H3,(H2,29,32). The molecule has 7 heteroatoms. The van der Waals surface area contributed by atoms with E-state index in [2.05, 4.69) is 5.10 Å². The quantitative estimate of drug-likeness (QED) is 0.446. The summed E-state index contributed by atoms with van der Waals surface area (Å²) in [6, 6.07) is 22.9. The third kappa shape index (κ3) is 4.56. The van der Waals surface area contributed by atoms with Crippen LogP contribution in [-0.2, 0) is 17.4 Å². The first-order chi connectivity index (χ1) is 15.2. The maximum atomic E-state index is 13.4. The van der Waals surface area contributed by atoms with E-state index in [0.29, 0.717) is 22.5 Å². The van der Waals surface area contributed by atoms with Gasteiger partial charge in [0.15, 0.2) is 5.69 Å². The van der Waals surface area contributed by atoms with Gasteiger partial charge >= 0.3 is 6.18 Å². The molecule has 0 bridgehead atoms. The smallest absolute Gasteiger partial charge is 0.369 e. The highest BCUT2D eigenvalue weighted by atomic mass is 19.4. The molecule has 0 unspecified atom stereocenters. The molecule has 32 heavy (non-hydrogen) atoms. The van der Waals surface area contributed by atoms with Crippen molar-refractivity contribution >= 4 is 5.91 Å². The Hall–Kier alpha value is -3.87. The Labute approximate surface area is 183 Å². The Morgan fingerprint density at radius 2 is 1.41 bits per heavy atom. The number of aromatic nitrogens is 2. The van der Waals surface area contributed by atoms with Crippen LogP contribution in [-0.4, -0.2) is 15.7 Å². The minimum Gasteiger partial charge on any atom is -0.369 e. The van der Waals surface area contributed by atoms with Crippen LogP contribution in [0.2, 0.25) is 0 Å². The van der Waals surface area contributed by atoms with Gasteiger partial charge in [0.05, 0.1) is 17.8 Å². The number of aryl methyl sites for hydroxylation is 1. The fraction of sp³-hybridized carbons (Fsp3) is 0.120. The van der Waals surface area contributed by atoms with Crippen LogP contribution in [0.15, 0.2) is 78.9 Å². The minimum absolute atomic E-state index is 0.0561. The second-order valence-corrected chi connectivity index (χ2v) is 7.58. The normalized spacial score (nSPS) is 11.5. The molecule has 0 radical (unpaired) electrons. The molecule has 4 aromatic rings. The molecule has 2 N–H and O–H groups in total. The zero-order valence-corrected chi connectivity index (χ0v) is 17.2. The SMILES string of the molecule is Cc1ccc(-c2ccc(-c3cc(C(F)(F)F)nn3-c3ccc(CC(N)=O)cc3)cc2)cc1. The van der Waals surface area contributed by atoms with Crippen molar-refractivity contribution in [3.05, 3.63) is 95.7 Å². The molecule has 0 fully saturated rings. The number of amides is 1. The molecule has 4 rings (SSSR count). The van der Waals surface area contributed by atoms with Gasteiger partial charge in [-0.3, -0.25) is 4.79 Å².